The molecule has 1 saturated carbocycles. The normalized spacial score (nSPS) is 21.4. The molecule has 28 heavy (non-hydrogen) atoms. The molecule has 1 aliphatic carbocycles. The van der Waals surface area contributed by atoms with Crippen molar-refractivity contribution in [2.45, 2.75) is 51.3 Å². The average Bonchev–Trinajstić information content (AvgIpc) is 3.48. The number of hydrogen-bond donors (Lipinski definition) is 0. The lowest BCUT2D eigenvalue weighted by molar-refractivity contribution is -0.133. The zero-order valence-electron chi connectivity index (χ0n) is 16.2. The van der Waals surface area contributed by atoms with Crippen molar-refractivity contribution in [3.05, 3.63) is 47.3 Å². The molecule has 0 unspecified atom stereocenters. The number of nitrogens with zero attached hydrogens (tertiary/aromatic N) is 3. The average molecular weight is 381 g/mol. The van der Waals surface area contributed by atoms with E-state index in [0.717, 1.165) is 49.6 Å². The van der Waals surface area contributed by atoms with Gasteiger partial charge in [-0.2, -0.15) is 5.10 Å². The van der Waals surface area contributed by atoms with Crippen molar-refractivity contribution in [3.63, 3.8) is 0 Å². The number of aryl methyl sites for hydroxylation is 1. The first-order chi connectivity index (χ1) is 13.7. The zero-order chi connectivity index (χ0) is 18.9. The lowest BCUT2D eigenvalue weighted by atomic mass is 10.0. The van der Waals surface area contributed by atoms with Gasteiger partial charge < -0.3 is 14.4 Å². The first kappa shape index (κ1) is 17.7. The largest absolute Gasteiger partial charge is 0.493 e. The fourth-order valence-electron chi connectivity index (χ4n) is 4.08. The minimum Gasteiger partial charge on any atom is -0.493 e. The Labute approximate surface area is 165 Å². The van der Waals surface area contributed by atoms with Gasteiger partial charge in [-0.1, -0.05) is 12.1 Å². The number of hydrogen-bond acceptors (Lipinski definition) is 4. The van der Waals surface area contributed by atoms with E-state index in [1.165, 1.54) is 18.4 Å². The van der Waals surface area contributed by atoms with E-state index < -0.39 is 0 Å². The van der Waals surface area contributed by atoms with Crippen LogP contribution in [0.2, 0.25) is 0 Å². The van der Waals surface area contributed by atoms with Crippen molar-refractivity contribution in [1.29, 1.82) is 0 Å². The molecule has 1 atom stereocenters. The summed E-state index contributed by atoms with van der Waals surface area (Å²) in [5.74, 6) is 1.82. The summed E-state index contributed by atoms with van der Waals surface area (Å²) in [7, 11) is 0. The third-order valence-corrected chi connectivity index (χ3v) is 5.90. The Morgan fingerprint density at radius 1 is 1.25 bits per heavy atom. The van der Waals surface area contributed by atoms with Crippen LogP contribution in [0, 0.1) is 5.92 Å². The van der Waals surface area contributed by atoms with Gasteiger partial charge >= 0.3 is 0 Å². The highest BCUT2D eigenvalue weighted by molar-refractivity contribution is 5.79. The van der Waals surface area contributed by atoms with Crippen LogP contribution in [-0.2, 0) is 35.5 Å². The molecular weight excluding hydrogens is 354 g/mol. The summed E-state index contributed by atoms with van der Waals surface area (Å²) in [4.78, 5) is 15.1. The third kappa shape index (κ3) is 3.92. The van der Waals surface area contributed by atoms with E-state index in [1.54, 1.807) is 0 Å². The summed E-state index contributed by atoms with van der Waals surface area (Å²) in [6, 6.07) is 8.16. The van der Waals surface area contributed by atoms with E-state index in [1.807, 2.05) is 34.0 Å². The molecule has 1 aromatic carbocycles. The number of fused-ring (bicyclic) bond motifs is 2. The van der Waals surface area contributed by atoms with Gasteiger partial charge in [0.2, 0.25) is 5.91 Å². The topological polar surface area (TPSA) is 56.6 Å². The van der Waals surface area contributed by atoms with Crippen molar-refractivity contribution < 1.29 is 14.3 Å². The first-order valence-corrected chi connectivity index (χ1v) is 10.4. The summed E-state index contributed by atoms with van der Waals surface area (Å²) in [5.41, 5.74) is 3.35. The second kappa shape index (κ2) is 7.59. The first-order valence-electron chi connectivity index (χ1n) is 10.4. The molecule has 6 nitrogen and oxygen atoms in total. The Kier molecular flexibility index (Phi) is 4.81. The lowest BCUT2D eigenvalue weighted by Gasteiger charge is -2.25. The van der Waals surface area contributed by atoms with Crippen LogP contribution < -0.4 is 4.74 Å². The highest BCUT2D eigenvalue weighted by atomic mass is 16.5. The molecule has 2 aromatic rings. The molecule has 0 N–H and O–H groups in total. The van der Waals surface area contributed by atoms with Gasteiger partial charge in [-0.3, -0.25) is 9.48 Å². The number of benzene rings is 1. The van der Waals surface area contributed by atoms with E-state index in [4.69, 9.17) is 9.47 Å². The summed E-state index contributed by atoms with van der Waals surface area (Å²) in [6.45, 7) is 3.53. The Bertz CT molecular complexity index is 858. The Hall–Kier alpha value is -2.34. The smallest absolute Gasteiger partial charge is 0.227 e. The van der Waals surface area contributed by atoms with E-state index in [2.05, 4.69) is 11.2 Å². The standard InChI is InChI=1S/C22H27N3O3/c26-22(11-17-5-6-21-18(10-17)2-1-9-27-21)24-12-19-7-8-23-25(19)14-20(13-24)28-15-16-3-4-16/h5-8,10,16,20H,1-4,9,11-15H2/t20-/m0/s1. The molecule has 148 valence electrons. The third-order valence-electron chi connectivity index (χ3n) is 5.90. The molecule has 0 radical (unpaired) electrons. The fraction of sp³-hybridized carbons (Fsp3) is 0.545. The molecule has 3 aliphatic rings. The van der Waals surface area contributed by atoms with Crippen LogP contribution in [-0.4, -0.2) is 46.5 Å². The number of carbonyl (C=O) groups excluding carboxylic acids is 1. The number of rotatable bonds is 5. The number of ether oxygens (including phenoxy) is 2. The van der Waals surface area contributed by atoms with Crippen LogP contribution in [0.4, 0.5) is 0 Å². The molecule has 0 bridgehead atoms. The number of aromatic nitrogens is 2. The maximum atomic E-state index is 13.1. The Morgan fingerprint density at radius 3 is 3.07 bits per heavy atom. The van der Waals surface area contributed by atoms with Crippen LogP contribution in [0.5, 0.6) is 5.75 Å². The minimum atomic E-state index is 0.00244. The van der Waals surface area contributed by atoms with Crippen LogP contribution in [0.15, 0.2) is 30.5 Å². The van der Waals surface area contributed by atoms with Gasteiger partial charge in [0.25, 0.3) is 0 Å². The molecule has 1 aromatic heterocycles. The molecule has 0 saturated heterocycles. The molecule has 3 heterocycles. The van der Waals surface area contributed by atoms with E-state index in [0.29, 0.717) is 25.4 Å². The van der Waals surface area contributed by atoms with Crippen molar-refractivity contribution in [2.24, 2.45) is 5.92 Å². The van der Waals surface area contributed by atoms with Gasteiger partial charge in [-0.05, 0) is 54.9 Å². The minimum absolute atomic E-state index is 0.00244. The summed E-state index contributed by atoms with van der Waals surface area (Å²) in [5, 5.41) is 4.42. The van der Waals surface area contributed by atoms with Gasteiger partial charge in [-0.25, -0.2) is 0 Å². The molecular formula is C22H27N3O3. The maximum Gasteiger partial charge on any atom is 0.227 e. The maximum absolute atomic E-state index is 13.1. The predicted molar refractivity (Wildman–Crippen MR) is 104 cm³/mol. The lowest BCUT2D eigenvalue weighted by Crippen LogP contribution is -2.38. The van der Waals surface area contributed by atoms with Crippen molar-refractivity contribution in [1.82, 2.24) is 14.7 Å². The van der Waals surface area contributed by atoms with Gasteiger partial charge in [-0.15, -0.1) is 0 Å². The van der Waals surface area contributed by atoms with Crippen LogP contribution >= 0.6 is 0 Å². The van der Waals surface area contributed by atoms with Crippen molar-refractivity contribution >= 4 is 5.91 Å². The van der Waals surface area contributed by atoms with Gasteiger partial charge in [0.15, 0.2) is 0 Å². The molecule has 1 amide bonds. The van der Waals surface area contributed by atoms with Crippen LogP contribution in [0.1, 0.15) is 36.1 Å². The summed E-state index contributed by atoms with van der Waals surface area (Å²) >= 11 is 0. The van der Waals surface area contributed by atoms with Gasteiger partial charge in [0.05, 0.1) is 37.9 Å². The van der Waals surface area contributed by atoms with Crippen molar-refractivity contribution in [3.8, 4) is 5.75 Å². The SMILES string of the molecule is O=C(Cc1ccc2c(c1)CCCO2)N1Cc2ccnn2C[C@@H](OCC2CC2)C1. The monoisotopic (exact) mass is 381 g/mol. The quantitative estimate of drug-likeness (QED) is 0.799. The zero-order valence-corrected chi connectivity index (χ0v) is 16.2. The highest BCUT2D eigenvalue weighted by Gasteiger charge is 2.29. The van der Waals surface area contributed by atoms with Crippen LogP contribution in [0.25, 0.3) is 0 Å². The second-order valence-corrected chi connectivity index (χ2v) is 8.25. The molecule has 6 heteroatoms. The molecule has 1 fully saturated rings. The summed E-state index contributed by atoms with van der Waals surface area (Å²) < 4.78 is 13.8. The van der Waals surface area contributed by atoms with E-state index >= 15 is 0 Å². The molecule has 2 aliphatic heterocycles. The van der Waals surface area contributed by atoms with E-state index in [9.17, 15) is 4.79 Å². The fourth-order valence-corrected chi connectivity index (χ4v) is 4.08. The number of carbonyl (C=O) groups is 1. The predicted octanol–water partition coefficient (Wildman–Crippen LogP) is 2.59. The van der Waals surface area contributed by atoms with Crippen molar-refractivity contribution in [2.75, 3.05) is 19.8 Å². The molecule has 0 spiro atoms. The summed E-state index contributed by atoms with van der Waals surface area (Å²) in [6.07, 6.45) is 6.83. The Balaban J connectivity index is 1.29. The van der Waals surface area contributed by atoms with Gasteiger partial charge in [0.1, 0.15) is 5.75 Å². The number of amides is 1. The van der Waals surface area contributed by atoms with E-state index in [-0.39, 0.29) is 12.0 Å². The van der Waals surface area contributed by atoms with Crippen LogP contribution in [0.3, 0.4) is 0 Å². The highest BCUT2D eigenvalue weighted by Crippen LogP contribution is 2.30. The van der Waals surface area contributed by atoms with Gasteiger partial charge in [0, 0.05) is 19.3 Å². The second-order valence-electron chi connectivity index (χ2n) is 8.25. The molecule has 5 rings (SSSR count). The Morgan fingerprint density at radius 2 is 2.18 bits per heavy atom.